The van der Waals surface area contributed by atoms with Crippen molar-refractivity contribution in [2.24, 2.45) is 0 Å². The Kier molecular flexibility index (Phi) is 28.1. The van der Waals surface area contributed by atoms with Gasteiger partial charge in [0.2, 0.25) is 0 Å². The summed E-state index contributed by atoms with van der Waals surface area (Å²) in [5.74, 6) is 0. The molecule has 0 aliphatic carbocycles. The molecule has 0 heterocycles. The Labute approximate surface area is 314 Å². The highest BCUT2D eigenvalue weighted by Gasteiger charge is 2.50. The molecule has 0 atom stereocenters. The summed E-state index contributed by atoms with van der Waals surface area (Å²) < 4.78 is 62.3. The average molecular weight is 754 g/mol. The summed E-state index contributed by atoms with van der Waals surface area (Å²) in [7, 11) is -0.639. The van der Waals surface area contributed by atoms with Crippen LogP contribution in [0.4, 0.5) is 0 Å². The van der Waals surface area contributed by atoms with E-state index in [4.69, 9.17) is 51.8 Å². The lowest BCUT2D eigenvalue weighted by Crippen LogP contribution is -2.66. The van der Waals surface area contributed by atoms with Gasteiger partial charge in [0.1, 0.15) is 0 Å². The van der Waals surface area contributed by atoms with Gasteiger partial charge in [-0.15, -0.1) is 0 Å². The van der Waals surface area contributed by atoms with Gasteiger partial charge in [-0.25, -0.2) is 0 Å². The standard InChI is InChI=1S/C39H67NO11Si/c1-39(2,3)52(37-11-7-5-8-12-37,38-13-9-6-10-14-38)51-36-35-50-34-33-49-32-31-48-30-29-47-28-27-46-26-25-45-24-23-44-22-21-43-20-19-42-18-17-41-16-15-40-4/h5-14,40H,15-36H2,1-4H3. The van der Waals surface area contributed by atoms with Crippen LogP contribution in [-0.2, 0) is 51.8 Å². The van der Waals surface area contributed by atoms with Crippen molar-refractivity contribution in [3.05, 3.63) is 60.7 Å². The van der Waals surface area contributed by atoms with Crippen LogP contribution in [0.3, 0.4) is 0 Å². The maximum Gasteiger partial charge on any atom is 0.261 e. The van der Waals surface area contributed by atoms with Crippen LogP contribution >= 0.6 is 0 Å². The first kappa shape index (κ1) is 46.3. The minimum atomic E-state index is -2.54. The number of benzene rings is 2. The summed E-state index contributed by atoms with van der Waals surface area (Å²) in [5, 5.41) is 5.51. The monoisotopic (exact) mass is 753 g/mol. The minimum absolute atomic E-state index is 0.0548. The van der Waals surface area contributed by atoms with Gasteiger partial charge in [-0.1, -0.05) is 81.4 Å². The van der Waals surface area contributed by atoms with E-state index in [1.165, 1.54) is 10.4 Å². The van der Waals surface area contributed by atoms with Gasteiger partial charge in [0.05, 0.1) is 139 Å². The lowest BCUT2D eigenvalue weighted by atomic mass is 10.2. The van der Waals surface area contributed by atoms with Crippen molar-refractivity contribution in [1.29, 1.82) is 0 Å². The molecule has 0 fully saturated rings. The van der Waals surface area contributed by atoms with E-state index >= 15 is 0 Å². The molecular formula is C39H67NO11Si. The van der Waals surface area contributed by atoms with E-state index in [1.54, 1.807) is 0 Å². The Morgan fingerprint density at radius 2 is 0.635 bits per heavy atom. The lowest BCUT2D eigenvalue weighted by Gasteiger charge is -2.43. The molecule has 52 heavy (non-hydrogen) atoms. The van der Waals surface area contributed by atoms with Crippen molar-refractivity contribution in [2.45, 2.75) is 25.8 Å². The second-order valence-corrected chi connectivity index (χ2v) is 17.0. The van der Waals surface area contributed by atoms with Crippen LogP contribution in [0, 0.1) is 0 Å². The topological polar surface area (TPSA) is 114 Å². The van der Waals surface area contributed by atoms with E-state index in [0.29, 0.717) is 139 Å². The molecular weight excluding hydrogens is 687 g/mol. The van der Waals surface area contributed by atoms with Gasteiger partial charge in [0, 0.05) is 6.54 Å². The Morgan fingerprint density at radius 1 is 0.385 bits per heavy atom. The van der Waals surface area contributed by atoms with Crippen molar-refractivity contribution in [3.8, 4) is 0 Å². The smallest absolute Gasteiger partial charge is 0.261 e. The van der Waals surface area contributed by atoms with Crippen molar-refractivity contribution in [2.75, 3.05) is 152 Å². The molecule has 0 aliphatic rings. The molecule has 0 saturated heterocycles. The second kappa shape index (κ2) is 31.5. The molecule has 0 amide bonds. The minimum Gasteiger partial charge on any atom is -0.405 e. The Morgan fingerprint density at radius 3 is 0.885 bits per heavy atom. The number of likely N-dealkylation sites (N-methyl/N-ethyl adjacent to an activating group) is 1. The van der Waals surface area contributed by atoms with Crippen LogP contribution in [0.5, 0.6) is 0 Å². The van der Waals surface area contributed by atoms with Gasteiger partial charge in [-0.3, -0.25) is 0 Å². The van der Waals surface area contributed by atoms with Gasteiger partial charge < -0.3 is 57.1 Å². The van der Waals surface area contributed by atoms with Gasteiger partial charge in [0.25, 0.3) is 8.32 Å². The van der Waals surface area contributed by atoms with Crippen molar-refractivity contribution in [3.63, 3.8) is 0 Å². The number of hydrogen-bond donors (Lipinski definition) is 1. The van der Waals surface area contributed by atoms with Gasteiger partial charge in [-0.05, 0) is 22.5 Å². The highest BCUT2D eigenvalue weighted by molar-refractivity contribution is 6.99. The van der Waals surface area contributed by atoms with Crippen molar-refractivity contribution >= 4 is 18.7 Å². The summed E-state index contributed by atoms with van der Waals surface area (Å²) in [5.41, 5.74) is 0. The van der Waals surface area contributed by atoms with E-state index < -0.39 is 8.32 Å². The zero-order valence-corrected chi connectivity index (χ0v) is 33.3. The van der Waals surface area contributed by atoms with Gasteiger partial charge >= 0.3 is 0 Å². The number of rotatable bonds is 36. The first-order chi connectivity index (χ1) is 25.5. The van der Waals surface area contributed by atoms with Gasteiger partial charge in [0.15, 0.2) is 0 Å². The molecule has 1 N–H and O–H groups in total. The van der Waals surface area contributed by atoms with Crippen molar-refractivity contribution < 1.29 is 51.8 Å². The first-order valence-corrected chi connectivity index (χ1v) is 20.6. The summed E-state index contributed by atoms with van der Waals surface area (Å²) in [6, 6.07) is 21.3. The summed E-state index contributed by atoms with van der Waals surface area (Å²) >= 11 is 0. The third-order valence-electron chi connectivity index (χ3n) is 7.81. The fourth-order valence-corrected chi connectivity index (χ4v) is 9.82. The number of nitrogens with one attached hydrogen (secondary N) is 1. The van der Waals surface area contributed by atoms with Crippen LogP contribution in [-0.4, -0.2) is 161 Å². The fraction of sp³-hybridized carbons (Fsp3) is 0.692. The van der Waals surface area contributed by atoms with Crippen LogP contribution in [0.2, 0.25) is 5.04 Å². The zero-order valence-electron chi connectivity index (χ0n) is 32.3. The van der Waals surface area contributed by atoms with Gasteiger partial charge in [-0.2, -0.15) is 0 Å². The van der Waals surface area contributed by atoms with E-state index in [9.17, 15) is 0 Å². The molecule has 12 nitrogen and oxygen atoms in total. The van der Waals surface area contributed by atoms with Crippen molar-refractivity contribution in [1.82, 2.24) is 5.32 Å². The second-order valence-electron chi connectivity index (χ2n) is 12.7. The molecule has 0 radical (unpaired) electrons. The molecule has 0 unspecified atom stereocenters. The molecule has 0 aromatic heterocycles. The summed E-state index contributed by atoms with van der Waals surface area (Å²) in [6.07, 6.45) is 0. The zero-order chi connectivity index (χ0) is 37.3. The molecule has 0 saturated carbocycles. The molecule has 2 aromatic rings. The van der Waals surface area contributed by atoms with E-state index in [2.05, 4.69) is 86.8 Å². The first-order valence-electron chi connectivity index (χ1n) is 18.7. The summed E-state index contributed by atoms with van der Waals surface area (Å²) in [4.78, 5) is 0. The third-order valence-corrected chi connectivity index (χ3v) is 12.8. The van der Waals surface area contributed by atoms with Crippen LogP contribution < -0.4 is 15.7 Å². The molecule has 2 aromatic carbocycles. The van der Waals surface area contributed by atoms with Crippen LogP contribution in [0.25, 0.3) is 0 Å². The normalized spacial score (nSPS) is 12.2. The molecule has 298 valence electrons. The molecule has 13 heteroatoms. The van der Waals surface area contributed by atoms with Crippen LogP contribution in [0.15, 0.2) is 60.7 Å². The molecule has 0 aliphatic heterocycles. The van der Waals surface area contributed by atoms with Crippen LogP contribution in [0.1, 0.15) is 20.8 Å². The average Bonchev–Trinajstić information content (AvgIpc) is 3.15. The Balaban J connectivity index is 1.32. The van der Waals surface area contributed by atoms with E-state index in [-0.39, 0.29) is 5.04 Å². The fourth-order valence-electron chi connectivity index (χ4n) is 5.27. The Bertz CT molecular complexity index is 1010. The lowest BCUT2D eigenvalue weighted by molar-refractivity contribution is -0.0267. The largest absolute Gasteiger partial charge is 0.405 e. The number of ether oxygens (including phenoxy) is 10. The summed E-state index contributed by atoms with van der Waals surface area (Å²) in [6.45, 7) is 18.9. The quantitative estimate of drug-likeness (QED) is 0.0816. The Hall–Kier alpha value is -1.82. The van der Waals surface area contributed by atoms with E-state index in [1.807, 2.05) is 7.05 Å². The predicted octanol–water partition coefficient (Wildman–Crippen LogP) is 2.95. The SMILES string of the molecule is CNCCOCCOCCOCCOCCOCCOCCOCCOCCOCCOCCO[Si](c1ccccc1)(c1ccccc1)C(C)(C)C. The number of hydrogen-bond acceptors (Lipinski definition) is 12. The molecule has 2 rings (SSSR count). The highest BCUT2D eigenvalue weighted by Crippen LogP contribution is 2.36. The molecule has 0 bridgehead atoms. The molecule has 0 spiro atoms. The maximum atomic E-state index is 6.85. The maximum absolute atomic E-state index is 6.85. The third kappa shape index (κ3) is 21.2. The highest BCUT2D eigenvalue weighted by atomic mass is 28.4. The van der Waals surface area contributed by atoms with E-state index in [0.717, 1.165) is 6.54 Å². The predicted molar refractivity (Wildman–Crippen MR) is 206 cm³/mol.